The van der Waals surface area contributed by atoms with Crippen molar-refractivity contribution in [1.82, 2.24) is 15.0 Å². The van der Waals surface area contributed by atoms with Crippen molar-refractivity contribution in [2.24, 2.45) is 0 Å². The Morgan fingerprint density at radius 2 is 2.26 bits per heavy atom. The summed E-state index contributed by atoms with van der Waals surface area (Å²) < 4.78 is 5.50. The van der Waals surface area contributed by atoms with Crippen LogP contribution >= 0.6 is 22.9 Å². The van der Waals surface area contributed by atoms with Crippen molar-refractivity contribution < 1.29 is 4.74 Å². The summed E-state index contributed by atoms with van der Waals surface area (Å²) >= 11 is 7.53. The maximum atomic E-state index is 5.83. The molecule has 0 radical (unpaired) electrons. The summed E-state index contributed by atoms with van der Waals surface area (Å²) in [5, 5.41) is 5.24. The molecule has 0 fully saturated rings. The minimum Gasteiger partial charge on any atom is -0.463 e. The largest absolute Gasteiger partial charge is 0.463 e. The highest BCUT2D eigenvalue weighted by Crippen LogP contribution is 2.13. The molecule has 0 aromatic carbocycles. The van der Waals surface area contributed by atoms with Crippen LogP contribution in [0.2, 0.25) is 5.28 Å². The lowest BCUT2D eigenvalue weighted by atomic mass is 10.4. The average Bonchev–Trinajstić information content (AvgIpc) is 2.89. The van der Waals surface area contributed by atoms with E-state index in [0.29, 0.717) is 12.6 Å². The number of hydrogen-bond donors (Lipinski definition) is 1. The summed E-state index contributed by atoms with van der Waals surface area (Å²) in [7, 11) is 0. The van der Waals surface area contributed by atoms with Gasteiger partial charge in [-0.25, -0.2) is 0 Å². The molecular weight excluding hydrogens is 284 g/mol. The molecule has 0 unspecified atom stereocenters. The van der Waals surface area contributed by atoms with Crippen molar-refractivity contribution in [2.45, 2.75) is 19.8 Å². The lowest BCUT2D eigenvalue weighted by molar-refractivity contribution is 0.296. The van der Waals surface area contributed by atoms with Crippen molar-refractivity contribution >= 4 is 28.9 Å². The highest BCUT2D eigenvalue weighted by molar-refractivity contribution is 7.09. The Morgan fingerprint density at radius 1 is 1.37 bits per heavy atom. The van der Waals surface area contributed by atoms with Gasteiger partial charge in [0.1, 0.15) is 0 Å². The number of hydrogen-bond acceptors (Lipinski definition) is 6. The minimum atomic E-state index is 0.139. The maximum Gasteiger partial charge on any atom is 0.322 e. The first-order valence-electron chi connectivity index (χ1n) is 6.08. The molecule has 0 spiro atoms. The highest BCUT2D eigenvalue weighted by Gasteiger charge is 2.05. The van der Waals surface area contributed by atoms with E-state index in [1.807, 2.05) is 11.4 Å². The van der Waals surface area contributed by atoms with Gasteiger partial charge in [-0.1, -0.05) is 13.0 Å². The van der Waals surface area contributed by atoms with Gasteiger partial charge < -0.3 is 10.1 Å². The lowest BCUT2D eigenvalue weighted by Crippen LogP contribution is -2.09. The molecular formula is C12H15ClN4OS. The van der Waals surface area contributed by atoms with Gasteiger partial charge in [0.2, 0.25) is 11.2 Å². The van der Waals surface area contributed by atoms with E-state index in [0.717, 1.165) is 19.4 Å². The molecule has 0 aliphatic heterocycles. The molecule has 0 aliphatic carbocycles. The van der Waals surface area contributed by atoms with Crippen molar-refractivity contribution in [3.63, 3.8) is 0 Å². The van der Waals surface area contributed by atoms with E-state index in [2.05, 4.69) is 33.3 Å². The zero-order chi connectivity index (χ0) is 13.5. The average molecular weight is 299 g/mol. The molecule has 102 valence electrons. The number of ether oxygens (including phenoxy) is 1. The Bertz CT molecular complexity index is 506. The standard InChI is InChI=1S/C12H15ClN4OS/c1-2-6-14-11-15-10(13)16-12(17-11)18-7-5-9-4-3-8-19-9/h3-4,8H,2,5-7H2,1H3,(H,14,15,16,17). The van der Waals surface area contributed by atoms with Crippen LogP contribution in [0.3, 0.4) is 0 Å². The normalized spacial score (nSPS) is 10.4. The fraction of sp³-hybridized carbons (Fsp3) is 0.417. The second kappa shape index (κ2) is 7.25. The molecule has 1 N–H and O–H groups in total. The van der Waals surface area contributed by atoms with Gasteiger partial charge in [-0.2, -0.15) is 15.0 Å². The summed E-state index contributed by atoms with van der Waals surface area (Å²) in [6, 6.07) is 4.35. The van der Waals surface area contributed by atoms with Gasteiger partial charge in [0.25, 0.3) is 0 Å². The lowest BCUT2D eigenvalue weighted by Gasteiger charge is -2.06. The van der Waals surface area contributed by atoms with E-state index >= 15 is 0 Å². The van der Waals surface area contributed by atoms with Crippen LogP contribution in [0.15, 0.2) is 17.5 Å². The zero-order valence-corrected chi connectivity index (χ0v) is 12.2. The summed E-state index contributed by atoms with van der Waals surface area (Å²) in [6.07, 6.45) is 1.82. The SMILES string of the molecule is CCCNc1nc(Cl)nc(OCCc2cccs2)n1. The molecule has 0 saturated heterocycles. The first-order chi connectivity index (χ1) is 9.28. The molecule has 2 aromatic heterocycles. The van der Waals surface area contributed by atoms with Gasteiger partial charge in [-0.15, -0.1) is 11.3 Å². The van der Waals surface area contributed by atoms with E-state index < -0.39 is 0 Å². The molecule has 5 nitrogen and oxygen atoms in total. The fourth-order valence-corrected chi connectivity index (χ4v) is 2.25. The summed E-state index contributed by atoms with van der Waals surface area (Å²) in [4.78, 5) is 13.4. The second-order valence-electron chi connectivity index (χ2n) is 3.82. The number of anilines is 1. The molecule has 2 aromatic rings. The maximum absolute atomic E-state index is 5.83. The number of nitrogens with zero attached hydrogens (tertiary/aromatic N) is 3. The quantitative estimate of drug-likeness (QED) is 0.851. The Labute approximate surface area is 121 Å². The third-order valence-electron chi connectivity index (χ3n) is 2.28. The molecule has 2 heterocycles. The van der Waals surface area contributed by atoms with Crippen LogP contribution in [0.4, 0.5) is 5.95 Å². The fourth-order valence-electron chi connectivity index (χ4n) is 1.41. The topological polar surface area (TPSA) is 59.9 Å². The number of aromatic nitrogens is 3. The van der Waals surface area contributed by atoms with Crippen LogP contribution in [-0.2, 0) is 6.42 Å². The summed E-state index contributed by atoms with van der Waals surface area (Å²) in [5.74, 6) is 0.452. The van der Waals surface area contributed by atoms with Crippen molar-refractivity contribution in [3.05, 3.63) is 27.7 Å². The number of rotatable bonds is 7. The van der Waals surface area contributed by atoms with Crippen molar-refractivity contribution in [1.29, 1.82) is 0 Å². The molecule has 0 atom stereocenters. The van der Waals surface area contributed by atoms with Crippen molar-refractivity contribution in [3.8, 4) is 6.01 Å². The van der Waals surface area contributed by atoms with Crippen LogP contribution in [0.5, 0.6) is 6.01 Å². The Balaban J connectivity index is 1.90. The first kappa shape index (κ1) is 14.0. The van der Waals surface area contributed by atoms with Gasteiger partial charge >= 0.3 is 6.01 Å². The third kappa shape index (κ3) is 4.65. The number of thiophene rings is 1. The van der Waals surface area contributed by atoms with Gasteiger partial charge in [0, 0.05) is 17.8 Å². The third-order valence-corrected chi connectivity index (χ3v) is 3.39. The monoisotopic (exact) mass is 298 g/mol. The highest BCUT2D eigenvalue weighted by atomic mass is 35.5. The van der Waals surface area contributed by atoms with Gasteiger partial charge in [-0.3, -0.25) is 0 Å². The van der Waals surface area contributed by atoms with E-state index in [1.54, 1.807) is 11.3 Å². The van der Waals surface area contributed by atoms with E-state index in [9.17, 15) is 0 Å². The molecule has 2 rings (SSSR count). The molecule has 19 heavy (non-hydrogen) atoms. The number of nitrogens with one attached hydrogen (secondary N) is 1. The van der Waals surface area contributed by atoms with Crippen LogP contribution in [0.25, 0.3) is 0 Å². The summed E-state index contributed by atoms with van der Waals surface area (Å²) in [5.41, 5.74) is 0. The minimum absolute atomic E-state index is 0.139. The van der Waals surface area contributed by atoms with Crippen molar-refractivity contribution in [2.75, 3.05) is 18.5 Å². The molecule has 0 bridgehead atoms. The zero-order valence-electron chi connectivity index (χ0n) is 10.6. The summed E-state index contributed by atoms with van der Waals surface area (Å²) in [6.45, 7) is 3.37. The predicted molar refractivity (Wildman–Crippen MR) is 77.1 cm³/mol. The van der Waals surface area contributed by atoms with E-state index in [1.165, 1.54) is 4.88 Å². The van der Waals surface area contributed by atoms with E-state index in [4.69, 9.17) is 16.3 Å². The van der Waals surface area contributed by atoms with Crippen LogP contribution in [-0.4, -0.2) is 28.1 Å². The van der Waals surface area contributed by atoms with E-state index in [-0.39, 0.29) is 11.3 Å². The molecule has 7 heteroatoms. The predicted octanol–water partition coefficient (Wildman–Crippen LogP) is 3.03. The molecule has 0 saturated carbocycles. The Kier molecular flexibility index (Phi) is 5.35. The van der Waals surface area contributed by atoms with Crippen LogP contribution in [0, 0.1) is 0 Å². The second-order valence-corrected chi connectivity index (χ2v) is 5.19. The van der Waals surface area contributed by atoms with Gasteiger partial charge in [0.05, 0.1) is 6.61 Å². The van der Waals surface area contributed by atoms with Gasteiger partial charge in [0.15, 0.2) is 0 Å². The smallest absolute Gasteiger partial charge is 0.322 e. The van der Waals surface area contributed by atoms with Crippen LogP contribution in [0.1, 0.15) is 18.2 Å². The molecule has 0 amide bonds. The van der Waals surface area contributed by atoms with Gasteiger partial charge in [-0.05, 0) is 29.5 Å². The number of halogens is 1. The Morgan fingerprint density at radius 3 is 3.00 bits per heavy atom. The molecule has 0 aliphatic rings. The Hall–Kier alpha value is -1.40. The first-order valence-corrected chi connectivity index (χ1v) is 7.34. The van der Waals surface area contributed by atoms with Crippen LogP contribution < -0.4 is 10.1 Å².